The molecule has 5 aromatic carbocycles. The van der Waals surface area contributed by atoms with Crippen LogP contribution in [0.25, 0.3) is 0 Å². The highest BCUT2D eigenvalue weighted by Gasteiger charge is 2.42. The third-order valence-electron chi connectivity index (χ3n) is 7.68. The van der Waals surface area contributed by atoms with Crippen LogP contribution in [0.3, 0.4) is 0 Å². The molecule has 0 aliphatic carbocycles. The van der Waals surface area contributed by atoms with Crippen molar-refractivity contribution in [3.63, 3.8) is 0 Å². The van der Waals surface area contributed by atoms with E-state index in [1.54, 1.807) is 42.9 Å². The summed E-state index contributed by atoms with van der Waals surface area (Å²) < 4.78 is 16.9. The van der Waals surface area contributed by atoms with Gasteiger partial charge in [0.2, 0.25) is 0 Å². The number of hydrogen-bond acceptors (Lipinski definition) is 3. The minimum Gasteiger partial charge on any atom is -0.374 e. The van der Waals surface area contributed by atoms with Crippen LogP contribution in [0, 0.1) is 17.1 Å². The van der Waals surface area contributed by atoms with Crippen LogP contribution >= 0.6 is 11.6 Å². The third kappa shape index (κ3) is 4.48. The van der Waals surface area contributed by atoms with Crippen LogP contribution in [-0.4, -0.2) is 14.7 Å². The Bertz CT molecular complexity index is 1770. The van der Waals surface area contributed by atoms with Gasteiger partial charge in [-0.25, -0.2) is 9.37 Å². The van der Waals surface area contributed by atoms with Crippen molar-refractivity contribution < 1.29 is 9.50 Å². The Kier molecular flexibility index (Phi) is 7.18. The Balaban J connectivity index is 1.64. The van der Waals surface area contributed by atoms with Crippen molar-refractivity contribution in [2.24, 2.45) is 0 Å². The van der Waals surface area contributed by atoms with Gasteiger partial charge < -0.3 is 9.67 Å². The smallest absolute Gasteiger partial charge is 0.158 e. The molecule has 0 aliphatic rings. The molecule has 204 valence electrons. The molecule has 0 aliphatic heterocycles. The summed E-state index contributed by atoms with van der Waals surface area (Å²) in [6, 6.07) is 43.0. The predicted octanol–water partition coefficient (Wildman–Crippen LogP) is 7.67. The van der Waals surface area contributed by atoms with E-state index in [-0.39, 0.29) is 16.8 Å². The molecule has 0 bridgehead atoms. The Morgan fingerprint density at radius 2 is 1.19 bits per heavy atom. The van der Waals surface area contributed by atoms with Crippen LogP contribution in [0.2, 0.25) is 5.02 Å². The van der Waals surface area contributed by atoms with Crippen LogP contribution in [0.1, 0.15) is 39.1 Å². The number of imidazole rings is 1. The third-order valence-corrected chi connectivity index (χ3v) is 7.94. The van der Waals surface area contributed by atoms with Crippen molar-refractivity contribution in [2.75, 3.05) is 0 Å². The lowest BCUT2D eigenvalue weighted by Crippen LogP contribution is -2.37. The SMILES string of the molecule is N#Cc1ccc(C(O)(c2ccc(Cl)cc2)c2cn(C(c3ccccc3)(c3ccccc3)c3ccccc3)cn2)cc1F. The average Bonchev–Trinajstić information content (AvgIpc) is 3.54. The van der Waals surface area contributed by atoms with Gasteiger partial charge in [-0.3, -0.25) is 0 Å². The predicted molar refractivity (Wildman–Crippen MR) is 162 cm³/mol. The lowest BCUT2D eigenvalue weighted by atomic mass is 9.76. The van der Waals surface area contributed by atoms with E-state index < -0.39 is 17.0 Å². The molecule has 0 saturated heterocycles. The van der Waals surface area contributed by atoms with Crippen molar-refractivity contribution in [3.05, 3.63) is 196 Å². The van der Waals surface area contributed by atoms with E-state index in [2.05, 4.69) is 36.4 Å². The number of rotatable bonds is 7. The molecule has 1 atom stereocenters. The van der Waals surface area contributed by atoms with Gasteiger partial charge in [0.25, 0.3) is 0 Å². The number of aliphatic hydroxyl groups is 1. The van der Waals surface area contributed by atoms with Gasteiger partial charge in [0.15, 0.2) is 5.60 Å². The second kappa shape index (κ2) is 11.1. The average molecular weight is 570 g/mol. The summed E-state index contributed by atoms with van der Waals surface area (Å²) in [4.78, 5) is 4.77. The number of nitrogens with zero attached hydrogens (tertiary/aromatic N) is 3. The fraction of sp³-hybridized carbons (Fsp3) is 0.0556. The van der Waals surface area contributed by atoms with E-state index in [0.29, 0.717) is 10.6 Å². The van der Waals surface area contributed by atoms with Crippen LogP contribution in [0.15, 0.2) is 146 Å². The number of aromatic nitrogens is 2. The van der Waals surface area contributed by atoms with E-state index >= 15 is 0 Å². The molecule has 0 saturated carbocycles. The maximum Gasteiger partial charge on any atom is 0.158 e. The van der Waals surface area contributed by atoms with Crippen molar-refractivity contribution in [1.29, 1.82) is 5.26 Å². The van der Waals surface area contributed by atoms with E-state index in [4.69, 9.17) is 16.6 Å². The van der Waals surface area contributed by atoms with Crippen molar-refractivity contribution in [1.82, 2.24) is 9.55 Å². The summed E-state index contributed by atoms with van der Waals surface area (Å²) in [5, 5.41) is 22.3. The molecule has 0 fully saturated rings. The second-order valence-corrected chi connectivity index (χ2v) is 10.4. The standard InChI is InChI=1S/C36H25ClFN3O/c37-32-20-18-30(19-21-32)36(42,31-17-16-26(23-39)33(38)22-31)34-24-41(25-40-34)35(27-10-4-1-5-11-27,28-12-6-2-7-13-28)29-14-8-3-9-15-29/h1-22,24-25,42H. The van der Waals surface area contributed by atoms with Gasteiger partial charge in [-0.2, -0.15) is 5.26 Å². The van der Waals surface area contributed by atoms with Gasteiger partial charge in [-0.15, -0.1) is 0 Å². The molecule has 42 heavy (non-hydrogen) atoms. The number of hydrogen-bond donors (Lipinski definition) is 1. The lowest BCUT2D eigenvalue weighted by Gasteiger charge is -2.37. The van der Waals surface area contributed by atoms with Crippen LogP contribution < -0.4 is 0 Å². The molecule has 6 heteroatoms. The molecule has 1 heterocycles. The van der Waals surface area contributed by atoms with Crippen LogP contribution in [-0.2, 0) is 11.1 Å². The normalized spacial score (nSPS) is 12.8. The van der Waals surface area contributed by atoms with Gasteiger partial charge in [0, 0.05) is 11.2 Å². The van der Waals surface area contributed by atoms with Crippen LogP contribution in [0.5, 0.6) is 0 Å². The molecule has 6 rings (SSSR count). The molecule has 6 aromatic rings. The monoisotopic (exact) mass is 569 g/mol. The highest BCUT2D eigenvalue weighted by atomic mass is 35.5. The van der Waals surface area contributed by atoms with Gasteiger partial charge >= 0.3 is 0 Å². The van der Waals surface area contributed by atoms with Crippen LogP contribution in [0.4, 0.5) is 4.39 Å². The molecule has 1 aromatic heterocycles. The number of benzene rings is 5. The zero-order chi connectivity index (χ0) is 29.2. The van der Waals surface area contributed by atoms with Crippen molar-refractivity contribution >= 4 is 11.6 Å². The lowest BCUT2D eigenvalue weighted by molar-refractivity contribution is 0.120. The fourth-order valence-corrected chi connectivity index (χ4v) is 5.79. The molecule has 1 N–H and O–H groups in total. The molecule has 4 nitrogen and oxygen atoms in total. The number of nitriles is 1. The van der Waals surface area contributed by atoms with E-state index in [0.717, 1.165) is 16.7 Å². The number of halogens is 2. The highest BCUT2D eigenvalue weighted by Crippen LogP contribution is 2.43. The molecule has 0 spiro atoms. The maximum atomic E-state index is 15.0. The van der Waals surface area contributed by atoms with Gasteiger partial charge in [0.05, 0.1) is 17.6 Å². The first kappa shape index (κ1) is 27.2. The molecular formula is C36H25ClFN3O. The molecular weight excluding hydrogens is 545 g/mol. The first-order chi connectivity index (χ1) is 20.5. The van der Waals surface area contributed by atoms with E-state index in [1.807, 2.05) is 65.2 Å². The summed E-state index contributed by atoms with van der Waals surface area (Å²) in [5.41, 5.74) is 1.11. The van der Waals surface area contributed by atoms with Gasteiger partial charge in [-0.05, 0) is 52.1 Å². The van der Waals surface area contributed by atoms with Gasteiger partial charge in [0.1, 0.15) is 17.4 Å². The largest absolute Gasteiger partial charge is 0.374 e. The Hall–Kier alpha value is -5.02. The molecule has 0 amide bonds. The first-order valence-corrected chi connectivity index (χ1v) is 13.8. The molecule has 0 radical (unpaired) electrons. The summed E-state index contributed by atoms with van der Waals surface area (Å²) in [6.45, 7) is 0. The topological polar surface area (TPSA) is 61.8 Å². The summed E-state index contributed by atoms with van der Waals surface area (Å²) in [6.07, 6.45) is 3.50. The van der Waals surface area contributed by atoms with Crippen molar-refractivity contribution in [2.45, 2.75) is 11.1 Å². The molecule has 1 unspecified atom stereocenters. The fourth-order valence-electron chi connectivity index (χ4n) is 5.66. The van der Waals surface area contributed by atoms with Crippen molar-refractivity contribution in [3.8, 4) is 6.07 Å². The second-order valence-electron chi connectivity index (χ2n) is 10.00. The minimum absolute atomic E-state index is 0.112. The summed E-state index contributed by atoms with van der Waals surface area (Å²) in [7, 11) is 0. The highest BCUT2D eigenvalue weighted by molar-refractivity contribution is 6.30. The zero-order valence-corrected chi connectivity index (χ0v) is 23.2. The zero-order valence-electron chi connectivity index (χ0n) is 22.4. The minimum atomic E-state index is -1.86. The van der Waals surface area contributed by atoms with E-state index in [9.17, 15) is 14.8 Å². The first-order valence-electron chi connectivity index (χ1n) is 13.4. The van der Waals surface area contributed by atoms with E-state index in [1.165, 1.54) is 12.1 Å². The quantitative estimate of drug-likeness (QED) is 0.201. The maximum absolute atomic E-state index is 15.0. The Labute approximate surface area is 248 Å². The Morgan fingerprint density at radius 3 is 1.67 bits per heavy atom. The summed E-state index contributed by atoms with van der Waals surface area (Å²) >= 11 is 6.19. The summed E-state index contributed by atoms with van der Waals surface area (Å²) in [5.74, 6) is -0.728. The van der Waals surface area contributed by atoms with Gasteiger partial charge in [-0.1, -0.05) is 121 Å². The Morgan fingerprint density at radius 1 is 0.690 bits per heavy atom.